The molecule has 0 saturated carbocycles. The highest BCUT2D eigenvalue weighted by Crippen LogP contribution is 2.31. The molecule has 0 saturated heterocycles. The smallest absolute Gasteiger partial charge is 0.271 e. The van der Waals surface area contributed by atoms with Crippen molar-refractivity contribution in [3.05, 3.63) is 127 Å². The summed E-state index contributed by atoms with van der Waals surface area (Å²) in [6.07, 6.45) is 1.67. The number of amides is 1. The lowest BCUT2D eigenvalue weighted by Crippen LogP contribution is -2.40. The van der Waals surface area contributed by atoms with Gasteiger partial charge < -0.3 is 10.4 Å². The zero-order chi connectivity index (χ0) is 24.5. The van der Waals surface area contributed by atoms with Crippen LogP contribution < -0.4 is 20.2 Å². The zero-order valence-corrected chi connectivity index (χ0v) is 19.4. The van der Waals surface area contributed by atoms with Gasteiger partial charge in [0.25, 0.3) is 11.5 Å². The van der Waals surface area contributed by atoms with Gasteiger partial charge in [-0.1, -0.05) is 53.8 Å². The molecule has 1 atom stereocenters. The van der Waals surface area contributed by atoms with Crippen LogP contribution >= 0.6 is 11.3 Å². The minimum atomic E-state index is -0.790. The number of hydrogen-bond donors (Lipinski definition) is 2. The monoisotopic (exact) mass is 485 g/mol. The Bertz CT molecular complexity index is 1640. The van der Waals surface area contributed by atoms with Crippen molar-refractivity contribution >= 4 is 29.0 Å². The third-order valence-corrected chi connectivity index (χ3v) is 6.63. The molecule has 0 aliphatic carbocycles. The van der Waals surface area contributed by atoms with Crippen LogP contribution in [0.4, 0.5) is 10.1 Å². The van der Waals surface area contributed by atoms with Gasteiger partial charge in [0.1, 0.15) is 11.6 Å². The van der Waals surface area contributed by atoms with Crippen molar-refractivity contribution < 1.29 is 14.3 Å². The molecule has 0 fully saturated rings. The van der Waals surface area contributed by atoms with Gasteiger partial charge >= 0.3 is 0 Å². The Balaban J connectivity index is 1.68. The number of anilines is 1. The summed E-state index contributed by atoms with van der Waals surface area (Å²) >= 11 is 1.19. The number of thiazole rings is 1. The van der Waals surface area contributed by atoms with E-state index in [1.807, 2.05) is 18.2 Å². The number of hydrogen-bond acceptors (Lipinski definition) is 5. The van der Waals surface area contributed by atoms with Crippen molar-refractivity contribution in [1.29, 1.82) is 0 Å². The summed E-state index contributed by atoms with van der Waals surface area (Å²) in [7, 11) is 0. The molecule has 0 radical (unpaired) electrons. The van der Waals surface area contributed by atoms with Gasteiger partial charge in [-0.25, -0.2) is 9.38 Å². The SMILES string of the molecule is CC1=C(C(=O)Nc2ccccc2)C(c2ccc(F)cc2)n2c(s/c(=C\c3cccc(O)c3)c2=O)=N1. The molecule has 1 aliphatic heterocycles. The van der Waals surface area contributed by atoms with Gasteiger partial charge in [-0.2, -0.15) is 0 Å². The molecule has 1 aromatic heterocycles. The Morgan fingerprint density at radius 1 is 1.09 bits per heavy atom. The van der Waals surface area contributed by atoms with Crippen LogP contribution in [-0.4, -0.2) is 15.6 Å². The van der Waals surface area contributed by atoms with Crippen LogP contribution in [0.2, 0.25) is 0 Å². The van der Waals surface area contributed by atoms with E-state index in [0.29, 0.717) is 37.4 Å². The van der Waals surface area contributed by atoms with Crippen molar-refractivity contribution in [3.63, 3.8) is 0 Å². The predicted molar refractivity (Wildman–Crippen MR) is 133 cm³/mol. The normalized spacial score (nSPS) is 15.5. The van der Waals surface area contributed by atoms with Gasteiger partial charge in [0, 0.05) is 5.69 Å². The molecule has 8 heteroatoms. The molecule has 35 heavy (non-hydrogen) atoms. The molecule has 0 spiro atoms. The van der Waals surface area contributed by atoms with Crippen molar-refractivity contribution in [1.82, 2.24) is 4.57 Å². The molecule has 1 unspecified atom stereocenters. The number of para-hydroxylation sites is 1. The second kappa shape index (κ2) is 9.15. The van der Waals surface area contributed by atoms with Crippen LogP contribution in [0, 0.1) is 5.82 Å². The van der Waals surface area contributed by atoms with E-state index in [1.54, 1.807) is 61.5 Å². The third kappa shape index (κ3) is 4.43. The molecule has 1 aliphatic rings. The van der Waals surface area contributed by atoms with Gasteiger partial charge in [0.05, 0.1) is 21.8 Å². The molecule has 2 N–H and O–H groups in total. The number of fused-ring (bicyclic) bond motifs is 1. The summed E-state index contributed by atoms with van der Waals surface area (Å²) in [6.45, 7) is 1.72. The molecule has 4 aromatic rings. The first-order chi connectivity index (χ1) is 16.9. The average Bonchev–Trinajstić information content (AvgIpc) is 3.13. The minimum Gasteiger partial charge on any atom is -0.508 e. The van der Waals surface area contributed by atoms with Gasteiger partial charge in [-0.15, -0.1) is 0 Å². The maximum Gasteiger partial charge on any atom is 0.271 e. The molecule has 1 amide bonds. The number of rotatable bonds is 4. The number of allylic oxidation sites excluding steroid dienone is 1. The van der Waals surface area contributed by atoms with Crippen LogP contribution in [0.3, 0.4) is 0 Å². The maximum absolute atomic E-state index is 13.7. The third-order valence-electron chi connectivity index (χ3n) is 5.65. The van der Waals surface area contributed by atoms with E-state index in [2.05, 4.69) is 10.3 Å². The van der Waals surface area contributed by atoms with E-state index in [4.69, 9.17) is 0 Å². The lowest BCUT2D eigenvalue weighted by molar-refractivity contribution is -0.113. The van der Waals surface area contributed by atoms with Crippen LogP contribution in [0.1, 0.15) is 24.1 Å². The largest absolute Gasteiger partial charge is 0.508 e. The van der Waals surface area contributed by atoms with Gasteiger partial charge in [-0.05, 0) is 60.5 Å². The lowest BCUT2D eigenvalue weighted by atomic mass is 9.95. The number of aromatic nitrogens is 1. The molecule has 0 bridgehead atoms. The number of benzene rings is 3. The summed E-state index contributed by atoms with van der Waals surface area (Å²) in [4.78, 5) is 32.0. The molecular weight excluding hydrogens is 465 g/mol. The number of aromatic hydroxyl groups is 1. The topological polar surface area (TPSA) is 83.7 Å². The minimum absolute atomic E-state index is 0.0893. The highest BCUT2D eigenvalue weighted by Gasteiger charge is 2.32. The standard InChI is InChI=1S/C27H20FN3O3S/c1-16-23(25(33)30-20-7-3-2-4-8-20)24(18-10-12-19(28)13-11-18)31-26(34)22(35-27(31)29-16)15-17-6-5-9-21(32)14-17/h2-15,24,32H,1H3,(H,30,33)/b22-15-. The van der Waals surface area contributed by atoms with Crippen LogP contribution in [0.25, 0.3) is 6.08 Å². The summed E-state index contributed by atoms with van der Waals surface area (Å²) < 4.78 is 15.6. The van der Waals surface area contributed by atoms with E-state index in [1.165, 1.54) is 28.0 Å². The molecule has 174 valence electrons. The van der Waals surface area contributed by atoms with Gasteiger partial charge in [0.15, 0.2) is 4.80 Å². The number of phenolic OH excluding ortho intramolecular Hbond substituents is 1. The number of nitrogens with one attached hydrogen (secondary N) is 1. The molecule has 6 nitrogen and oxygen atoms in total. The zero-order valence-electron chi connectivity index (χ0n) is 18.6. The van der Waals surface area contributed by atoms with Crippen LogP contribution in [-0.2, 0) is 4.79 Å². The first-order valence-corrected chi connectivity index (χ1v) is 11.7. The number of halogens is 1. The highest BCUT2D eigenvalue weighted by molar-refractivity contribution is 7.07. The fourth-order valence-electron chi connectivity index (χ4n) is 4.06. The molecule has 5 rings (SSSR count). The number of phenols is 1. The molecular formula is C27H20FN3O3S. The summed E-state index contributed by atoms with van der Waals surface area (Å²) in [5.74, 6) is -0.721. The van der Waals surface area contributed by atoms with Crippen molar-refractivity contribution in [3.8, 4) is 5.75 Å². The summed E-state index contributed by atoms with van der Waals surface area (Å²) in [6, 6.07) is 20.5. The van der Waals surface area contributed by atoms with Crippen LogP contribution in [0.15, 0.2) is 99.9 Å². The van der Waals surface area contributed by atoms with Crippen molar-refractivity contribution in [2.75, 3.05) is 5.32 Å². The van der Waals surface area contributed by atoms with E-state index in [-0.39, 0.29) is 11.3 Å². The van der Waals surface area contributed by atoms with E-state index in [0.717, 1.165) is 0 Å². The predicted octanol–water partition coefficient (Wildman–Crippen LogP) is 3.72. The van der Waals surface area contributed by atoms with E-state index < -0.39 is 17.8 Å². The maximum atomic E-state index is 13.7. The van der Waals surface area contributed by atoms with Gasteiger partial charge in [0.2, 0.25) is 0 Å². The quantitative estimate of drug-likeness (QED) is 0.462. The first-order valence-electron chi connectivity index (χ1n) is 10.8. The Hall–Kier alpha value is -4.30. The molecule has 2 heterocycles. The summed E-state index contributed by atoms with van der Waals surface area (Å²) in [5, 5.41) is 12.7. The van der Waals surface area contributed by atoms with E-state index in [9.17, 15) is 19.1 Å². The Morgan fingerprint density at radius 2 is 1.83 bits per heavy atom. The Labute approximate surface area is 203 Å². The first kappa shape index (κ1) is 22.5. The number of nitrogens with zero attached hydrogens (tertiary/aromatic N) is 2. The fraction of sp³-hybridized carbons (Fsp3) is 0.0741. The van der Waals surface area contributed by atoms with Crippen molar-refractivity contribution in [2.24, 2.45) is 4.99 Å². The van der Waals surface area contributed by atoms with E-state index >= 15 is 0 Å². The van der Waals surface area contributed by atoms with Crippen LogP contribution in [0.5, 0.6) is 5.75 Å². The molecule has 3 aromatic carbocycles. The number of carbonyl (C=O) groups excluding carboxylic acids is 1. The Morgan fingerprint density at radius 3 is 2.54 bits per heavy atom. The lowest BCUT2D eigenvalue weighted by Gasteiger charge is -2.25. The second-order valence-corrected chi connectivity index (χ2v) is 9.06. The number of carbonyl (C=O) groups is 1. The van der Waals surface area contributed by atoms with Crippen molar-refractivity contribution in [2.45, 2.75) is 13.0 Å². The second-order valence-electron chi connectivity index (χ2n) is 8.05. The van der Waals surface area contributed by atoms with Gasteiger partial charge in [-0.3, -0.25) is 14.2 Å². The summed E-state index contributed by atoms with van der Waals surface area (Å²) in [5.41, 5.74) is 2.30. The fourth-order valence-corrected chi connectivity index (χ4v) is 5.10. The Kier molecular flexibility index (Phi) is 5.88. The highest BCUT2D eigenvalue weighted by atomic mass is 32.1. The average molecular weight is 486 g/mol.